The van der Waals surface area contributed by atoms with Crippen LogP contribution in [0.1, 0.15) is 33.3 Å². The first-order valence-electron chi connectivity index (χ1n) is 6.63. The molecule has 0 aliphatic heterocycles. The first kappa shape index (κ1) is 15.8. The van der Waals surface area contributed by atoms with Gasteiger partial charge >= 0.3 is 0 Å². The van der Waals surface area contributed by atoms with E-state index in [-0.39, 0.29) is 0 Å². The van der Waals surface area contributed by atoms with E-state index in [1.54, 1.807) is 0 Å². The van der Waals surface area contributed by atoms with Gasteiger partial charge in [0.2, 0.25) is 0 Å². The maximum Gasteiger partial charge on any atom is 0.0439 e. The zero-order valence-electron chi connectivity index (χ0n) is 11.6. The van der Waals surface area contributed by atoms with Crippen LogP contribution in [0.2, 0.25) is 10.0 Å². The summed E-state index contributed by atoms with van der Waals surface area (Å²) in [6.45, 7) is 9.92. The van der Waals surface area contributed by atoms with Crippen molar-refractivity contribution in [3.8, 4) is 0 Å². The topological polar surface area (TPSA) is 12.0 Å². The lowest BCUT2D eigenvalue weighted by atomic mass is 9.86. The van der Waals surface area contributed by atoms with Crippen molar-refractivity contribution in [2.75, 3.05) is 6.54 Å². The lowest BCUT2D eigenvalue weighted by Crippen LogP contribution is -2.39. The van der Waals surface area contributed by atoms with E-state index in [2.05, 4.69) is 33.0 Å². The van der Waals surface area contributed by atoms with Crippen LogP contribution in [0.4, 0.5) is 0 Å². The van der Waals surface area contributed by atoms with Crippen LogP contribution in [0.15, 0.2) is 18.2 Å². The van der Waals surface area contributed by atoms with Crippen molar-refractivity contribution < 1.29 is 0 Å². The van der Waals surface area contributed by atoms with Gasteiger partial charge in [-0.1, -0.05) is 50.9 Å². The third-order valence-electron chi connectivity index (χ3n) is 3.60. The van der Waals surface area contributed by atoms with Crippen LogP contribution < -0.4 is 5.32 Å². The molecule has 1 N–H and O–H groups in total. The Labute approximate surface area is 121 Å². The van der Waals surface area contributed by atoms with E-state index < -0.39 is 0 Å². The first-order chi connectivity index (χ1) is 8.45. The molecule has 0 spiro atoms. The molecule has 0 aliphatic rings. The average molecular weight is 288 g/mol. The lowest BCUT2D eigenvalue weighted by molar-refractivity contribution is 0.300. The molecule has 3 heteroatoms. The second kappa shape index (κ2) is 7.37. The number of rotatable bonds is 6. The monoisotopic (exact) mass is 287 g/mol. The number of likely N-dealkylation sites (N-methyl/N-ethyl adjacent to an activating group) is 1. The summed E-state index contributed by atoms with van der Waals surface area (Å²) in [5.41, 5.74) is 1.13. The number of benzene rings is 1. The summed E-state index contributed by atoms with van der Waals surface area (Å²) in [5, 5.41) is 5.11. The summed E-state index contributed by atoms with van der Waals surface area (Å²) in [7, 11) is 0. The highest BCUT2D eigenvalue weighted by atomic mass is 35.5. The van der Waals surface area contributed by atoms with Crippen LogP contribution in [-0.2, 0) is 6.42 Å². The molecule has 1 aromatic rings. The summed E-state index contributed by atoms with van der Waals surface area (Å²) in [5.74, 6) is 1.24. The van der Waals surface area contributed by atoms with Gasteiger partial charge in [0.15, 0.2) is 0 Å². The molecule has 1 nitrogen and oxygen atoms in total. The summed E-state index contributed by atoms with van der Waals surface area (Å²) in [4.78, 5) is 0. The standard InChI is InChI=1S/C15H23Cl2N/c1-5-18-15(11(4)10(2)3)9-12-8-13(16)6-7-14(12)17/h6-8,10-11,15,18H,5,9H2,1-4H3. The molecule has 0 amide bonds. The van der Waals surface area contributed by atoms with Crippen molar-refractivity contribution >= 4 is 23.2 Å². The van der Waals surface area contributed by atoms with E-state index in [1.165, 1.54) is 0 Å². The van der Waals surface area contributed by atoms with Crippen molar-refractivity contribution in [3.63, 3.8) is 0 Å². The Kier molecular flexibility index (Phi) is 6.48. The molecule has 0 aliphatic carbocycles. The second-order valence-corrected chi connectivity index (χ2v) is 6.05. The zero-order chi connectivity index (χ0) is 13.7. The number of hydrogen-bond acceptors (Lipinski definition) is 1. The highest BCUT2D eigenvalue weighted by Gasteiger charge is 2.20. The van der Waals surface area contributed by atoms with Crippen molar-refractivity contribution in [1.29, 1.82) is 0 Å². The molecule has 0 saturated heterocycles. The number of nitrogens with one attached hydrogen (secondary N) is 1. The van der Waals surface area contributed by atoms with Crippen LogP contribution >= 0.6 is 23.2 Å². The molecule has 2 unspecified atom stereocenters. The van der Waals surface area contributed by atoms with Gasteiger partial charge in [-0.3, -0.25) is 0 Å². The molecule has 0 saturated carbocycles. The summed E-state index contributed by atoms with van der Waals surface area (Å²) >= 11 is 12.3. The van der Waals surface area contributed by atoms with Crippen molar-refractivity contribution in [3.05, 3.63) is 33.8 Å². The van der Waals surface area contributed by atoms with Gasteiger partial charge in [-0.15, -0.1) is 0 Å². The fourth-order valence-corrected chi connectivity index (χ4v) is 2.50. The van der Waals surface area contributed by atoms with Gasteiger partial charge in [-0.25, -0.2) is 0 Å². The van der Waals surface area contributed by atoms with E-state index in [9.17, 15) is 0 Å². The molecule has 0 radical (unpaired) electrons. The van der Waals surface area contributed by atoms with Gasteiger partial charge in [0.1, 0.15) is 0 Å². The molecule has 0 aromatic heterocycles. The molecule has 1 aromatic carbocycles. The van der Waals surface area contributed by atoms with E-state index in [0.29, 0.717) is 17.9 Å². The Hall–Kier alpha value is -0.240. The van der Waals surface area contributed by atoms with Crippen molar-refractivity contribution in [2.45, 2.75) is 40.2 Å². The fraction of sp³-hybridized carbons (Fsp3) is 0.600. The third-order valence-corrected chi connectivity index (χ3v) is 4.20. The molecule has 0 bridgehead atoms. The highest BCUT2D eigenvalue weighted by molar-refractivity contribution is 6.33. The maximum atomic E-state index is 6.24. The predicted octanol–water partition coefficient (Wildman–Crippen LogP) is 4.81. The molecule has 18 heavy (non-hydrogen) atoms. The van der Waals surface area contributed by atoms with Crippen LogP contribution in [0, 0.1) is 11.8 Å². The van der Waals surface area contributed by atoms with Crippen LogP contribution in [-0.4, -0.2) is 12.6 Å². The summed E-state index contributed by atoms with van der Waals surface area (Å²) < 4.78 is 0. The molecule has 1 rings (SSSR count). The normalized spacial score (nSPS) is 14.8. The van der Waals surface area contributed by atoms with Crippen LogP contribution in [0.3, 0.4) is 0 Å². The second-order valence-electron chi connectivity index (χ2n) is 5.21. The molecule has 2 atom stereocenters. The Morgan fingerprint density at radius 1 is 1.17 bits per heavy atom. The lowest BCUT2D eigenvalue weighted by Gasteiger charge is -2.28. The molecular weight excluding hydrogens is 265 g/mol. The largest absolute Gasteiger partial charge is 0.314 e. The average Bonchev–Trinajstić information content (AvgIpc) is 2.32. The minimum atomic E-state index is 0.436. The first-order valence-corrected chi connectivity index (χ1v) is 7.38. The smallest absolute Gasteiger partial charge is 0.0439 e. The number of hydrogen-bond donors (Lipinski definition) is 1. The Bertz CT molecular complexity index is 377. The van der Waals surface area contributed by atoms with E-state index in [0.717, 1.165) is 28.6 Å². The Balaban J connectivity index is 2.85. The van der Waals surface area contributed by atoms with Crippen molar-refractivity contribution in [1.82, 2.24) is 5.32 Å². The Morgan fingerprint density at radius 2 is 1.83 bits per heavy atom. The molecular formula is C15H23Cl2N. The Morgan fingerprint density at radius 3 is 2.39 bits per heavy atom. The minimum Gasteiger partial charge on any atom is -0.314 e. The van der Waals surface area contributed by atoms with Gasteiger partial charge in [0, 0.05) is 16.1 Å². The summed E-state index contributed by atoms with van der Waals surface area (Å²) in [6, 6.07) is 6.12. The van der Waals surface area contributed by atoms with E-state index >= 15 is 0 Å². The van der Waals surface area contributed by atoms with E-state index in [1.807, 2.05) is 18.2 Å². The quantitative estimate of drug-likeness (QED) is 0.792. The molecule has 0 fully saturated rings. The summed E-state index contributed by atoms with van der Waals surface area (Å²) in [6.07, 6.45) is 0.923. The van der Waals surface area contributed by atoms with Gasteiger partial charge in [-0.05, 0) is 48.6 Å². The SMILES string of the molecule is CCNC(Cc1cc(Cl)ccc1Cl)C(C)C(C)C. The van der Waals surface area contributed by atoms with Crippen LogP contribution in [0.25, 0.3) is 0 Å². The maximum absolute atomic E-state index is 6.24. The van der Waals surface area contributed by atoms with Gasteiger partial charge in [0.05, 0.1) is 0 Å². The minimum absolute atomic E-state index is 0.436. The van der Waals surface area contributed by atoms with Crippen molar-refractivity contribution in [2.24, 2.45) is 11.8 Å². The van der Waals surface area contributed by atoms with Crippen LogP contribution in [0.5, 0.6) is 0 Å². The fourth-order valence-electron chi connectivity index (χ4n) is 2.11. The predicted molar refractivity (Wildman–Crippen MR) is 81.6 cm³/mol. The molecule has 0 heterocycles. The van der Waals surface area contributed by atoms with Gasteiger partial charge in [0.25, 0.3) is 0 Å². The number of halogens is 2. The zero-order valence-corrected chi connectivity index (χ0v) is 13.1. The third kappa shape index (κ3) is 4.46. The van der Waals surface area contributed by atoms with Gasteiger partial charge in [-0.2, -0.15) is 0 Å². The highest BCUT2D eigenvalue weighted by Crippen LogP contribution is 2.25. The molecule has 102 valence electrons. The van der Waals surface area contributed by atoms with E-state index in [4.69, 9.17) is 23.2 Å². The van der Waals surface area contributed by atoms with Gasteiger partial charge < -0.3 is 5.32 Å².